The molecule has 0 radical (unpaired) electrons. The van der Waals surface area contributed by atoms with E-state index in [4.69, 9.17) is 20.1 Å². The first-order valence-electron chi connectivity index (χ1n) is 4.04. The Morgan fingerprint density at radius 1 is 1.69 bits per heavy atom. The van der Waals surface area contributed by atoms with Crippen LogP contribution in [0.25, 0.3) is 0 Å². The maximum absolute atomic E-state index is 8.69. The van der Waals surface area contributed by atoms with E-state index in [9.17, 15) is 0 Å². The highest BCUT2D eigenvalue weighted by Crippen LogP contribution is 2.06. The first-order chi connectivity index (χ1) is 6.27. The van der Waals surface area contributed by atoms with E-state index in [0.29, 0.717) is 19.0 Å². The molecule has 3 N–H and O–H groups in total. The largest absolute Gasteiger partial charge is 0.394 e. The number of aliphatic hydroxyl groups is 1. The molecule has 6 nitrogen and oxygen atoms in total. The van der Waals surface area contributed by atoms with Crippen LogP contribution in [-0.2, 0) is 11.3 Å². The number of aromatic nitrogens is 2. The van der Waals surface area contributed by atoms with Crippen LogP contribution in [0, 0.1) is 0 Å². The summed E-state index contributed by atoms with van der Waals surface area (Å²) in [4.78, 5) is 3.93. The van der Waals surface area contributed by atoms with Gasteiger partial charge < -0.3 is 20.1 Å². The molecule has 1 aromatic rings. The van der Waals surface area contributed by atoms with E-state index in [1.165, 1.54) is 0 Å². The van der Waals surface area contributed by atoms with Crippen LogP contribution in [0.15, 0.2) is 4.52 Å². The molecule has 0 fully saturated rings. The minimum absolute atomic E-state index is 0.212. The molecule has 74 valence electrons. The van der Waals surface area contributed by atoms with Crippen molar-refractivity contribution < 1.29 is 14.4 Å². The summed E-state index contributed by atoms with van der Waals surface area (Å²) in [6.45, 7) is 2.56. The highest BCUT2D eigenvalue weighted by molar-refractivity contribution is 4.90. The Balaban J connectivity index is 2.53. The van der Waals surface area contributed by atoms with Gasteiger partial charge in [-0.15, -0.1) is 0 Å². The Bertz CT molecular complexity index is 251. The Kier molecular flexibility index (Phi) is 3.81. The third-order valence-corrected chi connectivity index (χ3v) is 1.43. The van der Waals surface area contributed by atoms with Crippen LogP contribution in [0.4, 0.5) is 0 Å². The van der Waals surface area contributed by atoms with Crippen molar-refractivity contribution in [3.8, 4) is 0 Å². The summed E-state index contributed by atoms with van der Waals surface area (Å²) in [5.41, 5.74) is 5.45. The van der Waals surface area contributed by atoms with E-state index in [1.54, 1.807) is 0 Å². The Morgan fingerprint density at radius 2 is 2.46 bits per heavy atom. The summed E-state index contributed by atoms with van der Waals surface area (Å²) in [6, 6.07) is -0.608. The highest BCUT2D eigenvalue weighted by Gasteiger charge is 2.13. The number of hydrogen-bond donors (Lipinski definition) is 2. The fraction of sp³-hybridized carbons (Fsp3) is 0.714. The van der Waals surface area contributed by atoms with Crippen molar-refractivity contribution in [1.82, 2.24) is 10.1 Å². The zero-order valence-electron chi connectivity index (χ0n) is 7.43. The van der Waals surface area contributed by atoms with Crippen LogP contribution in [0.5, 0.6) is 0 Å². The summed E-state index contributed by atoms with van der Waals surface area (Å²) in [6.07, 6.45) is 0. The van der Waals surface area contributed by atoms with Crippen LogP contribution < -0.4 is 5.73 Å². The van der Waals surface area contributed by atoms with Gasteiger partial charge in [-0.3, -0.25) is 0 Å². The number of rotatable bonds is 5. The molecule has 0 unspecified atom stereocenters. The zero-order valence-corrected chi connectivity index (χ0v) is 7.43. The molecule has 13 heavy (non-hydrogen) atoms. The molecule has 1 atom stereocenters. The van der Waals surface area contributed by atoms with Crippen molar-refractivity contribution in [2.45, 2.75) is 19.6 Å². The standard InChI is InChI=1S/C7H13N3O3/c1-2-12-4-6-9-7(13-10-6)5(8)3-11/h5,11H,2-4,8H2,1H3/t5-/m1/s1. The number of aliphatic hydroxyl groups excluding tert-OH is 1. The average molecular weight is 187 g/mol. The molecule has 0 bridgehead atoms. The molecule has 0 aliphatic carbocycles. The van der Waals surface area contributed by atoms with Gasteiger partial charge in [0.1, 0.15) is 12.6 Å². The van der Waals surface area contributed by atoms with Gasteiger partial charge in [0.25, 0.3) is 0 Å². The van der Waals surface area contributed by atoms with E-state index in [2.05, 4.69) is 10.1 Å². The van der Waals surface area contributed by atoms with Crippen LogP contribution >= 0.6 is 0 Å². The summed E-state index contributed by atoms with van der Waals surface area (Å²) >= 11 is 0. The van der Waals surface area contributed by atoms with Crippen molar-refractivity contribution in [3.63, 3.8) is 0 Å². The SMILES string of the molecule is CCOCc1noc([C@H](N)CO)n1. The Morgan fingerprint density at radius 3 is 3.08 bits per heavy atom. The normalized spacial score (nSPS) is 13.2. The average Bonchev–Trinajstić information content (AvgIpc) is 2.62. The molecule has 6 heteroatoms. The number of hydrogen-bond acceptors (Lipinski definition) is 6. The first kappa shape index (κ1) is 10.1. The molecule has 0 aromatic carbocycles. The summed E-state index contributed by atoms with van der Waals surface area (Å²) < 4.78 is 9.85. The fourth-order valence-corrected chi connectivity index (χ4v) is 0.748. The van der Waals surface area contributed by atoms with Gasteiger partial charge in [0.2, 0.25) is 5.89 Å². The molecule has 0 saturated heterocycles. The molecular weight excluding hydrogens is 174 g/mol. The minimum atomic E-state index is -0.608. The van der Waals surface area contributed by atoms with Gasteiger partial charge in [0.15, 0.2) is 5.82 Å². The quantitative estimate of drug-likeness (QED) is 0.651. The second-order valence-corrected chi connectivity index (χ2v) is 2.48. The van der Waals surface area contributed by atoms with Gasteiger partial charge in [0.05, 0.1) is 6.61 Å². The van der Waals surface area contributed by atoms with Crippen LogP contribution in [0.3, 0.4) is 0 Å². The monoisotopic (exact) mass is 187 g/mol. The van der Waals surface area contributed by atoms with Crippen LogP contribution in [-0.4, -0.2) is 28.5 Å². The van der Waals surface area contributed by atoms with Crippen molar-refractivity contribution >= 4 is 0 Å². The third-order valence-electron chi connectivity index (χ3n) is 1.43. The zero-order chi connectivity index (χ0) is 9.68. The fourth-order valence-electron chi connectivity index (χ4n) is 0.748. The number of ether oxygens (including phenoxy) is 1. The minimum Gasteiger partial charge on any atom is -0.394 e. The van der Waals surface area contributed by atoms with Crippen molar-refractivity contribution in [3.05, 3.63) is 11.7 Å². The molecule has 1 heterocycles. The molecule has 0 saturated carbocycles. The van der Waals surface area contributed by atoms with Gasteiger partial charge in [-0.05, 0) is 6.92 Å². The lowest BCUT2D eigenvalue weighted by molar-refractivity contribution is 0.126. The van der Waals surface area contributed by atoms with E-state index in [1.807, 2.05) is 6.92 Å². The third kappa shape index (κ3) is 2.76. The molecule has 1 aromatic heterocycles. The molecule has 0 amide bonds. The first-order valence-corrected chi connectivity index (χ1v) is 4.04. The van der Waals surface area contributed by atoms with Crippen molar-refractivity contribution in [1.29, 1.82) is 0 Å². The van der Waals surface area contributed by atoms with E-state index in [-0.39, 0.29) is 12.5 Å². The Labute approximate surface area is 75.7 Å². The van der Waals surface area contributed by atoms with Crippen molar-refractivity contribution in [2.75, 3.05) is 13.2 Å². The lowest BCUT2D eigenvalue weighted by Gasteiger charge is -1.98. The predicted molar refractivity (Wildman–Crippen MR) is 43.6 cm³/mol. The van der Waals surface area contributed by atoms with Crippen LogP contribution in [0.1, 0.15) is 24.7 Å². The molecule has 0 aliphatic rings. The van der Waals surface area contributed by atoms with Gasteiger partial charge in [-0.2, -0.15) is 4.98 Å². The number of nitrogens with two attached hydrogens (primary N) is 1. The van der Waals surface area contributed by atoms with Crippen molar-refractivity contribution in [2.24, 2.45) is 5.73 Å². The maximum Gasteiger partial charge on any atom is 0.246 e. The van der Waals surface area contributed by atoms with Gasteiger partial charge in [0, 0.05) is 6.61 Å². The Hall–Kier alpha value is -0.980. The van der Waals surface area contributed by atoms with E-state index >= 15 is 0 Å². The maximum atomic E-state index is 8.69. The molecule has 1 rings (SSSR count). The van der Waals surface area contributed by atoms with Gasteiger partial charge >= 0.3 is 0 Å². The van der Waals surface area contributed by atoms with Gasteiger partial charge in [-0.25, -0.2) is 0 Å². The molecule has 0 aliphatic heterocycles. The topological polar surface area (TPSA) is 94.4 Å². The van der Waals surface area contributed by atoms with Gasteiger partial charge in [-0.1, -0.05) is 5.16 Å². The lowest BCUT2D eigenvalue weighted by atomic mass is 10.3. The summed E-state index contributed by atoms with van der Waals surface area (Å²) in [5, 5.41) is 12.3. The number of nitrogens with zero attached hydrogens (tertiary/aromatic N) is 2. The van der Waals surface area contributed by atoms with Crippen LogP contribution in [0.2, 0.25) is 0 Å². The smallest absolute Gasteiger partial charge is 0.246 e. The predicted octanol–water partition coefficient (Wildman–Crippen LogP) is -0.402. The van der Waals surface area contributed by atoms with E-state index in [0.717, 1.165) is 0 Å². The second kappa shape index (κ2) is 4.90. The highest BCUT2D eigenvalue weighted by atomic mass is 16.5. The molecular formula is C7H13N3O3. The lowest BCUT2D eigenvalue weighted by Crippen LogP contribution is -2.14. The second-order valence-electron chi connectivity index (χ2n) is 2.48. The van der Waals surface area contributed by atoms with E-state index < -0.39 is 6.04 Å². The molecule has 0 spiro atoms. The summed E-state index contributed by atoms with van der Waals surface area (Å²) in [5.74, 6) is 0.679. The summed E-state index contributed by atoms with van der Waals surface area (Å²) in [7, 11) is 0.